The van der Waals surface area contributed by atoms with E-state index < -0.39 is 5.60 Å². The Bertz CT molecular complexity index is 880. The number of amides is 1. The van der Waals surface area contributed by atoms with Crippen molar-refractivity contribution in [1.82, 2.24) is 4.90 Å². The van der Waals surface area contributed by atoms with E-state index in [-0.39, 0.29) is 12.1 Å². The summed E-state index contributed by atoms with van der Waals surface area (Å²) in [5.74, 6) is 1.52. The average Bonchev–Trinajstić information content (AvgIpc) is 2.69. The Morgan fingerprint density at radius 3 is 2.47 bits per heavy atom. The molecule has 162 valence electrons. The maximum absolute atomic E-state index is 12.6. The van der Waals surface area contributed by atoms with E-state index in [4.69, 9.17) is 20.9 Å². The second-order valence-corrected chi connectivity index (χ2v) is 8.55. The molecule has 2 aromatic carbocycles. The molecule has 1 atom stereocenters. The van der Waals surface area contributed by atoms with Crippen LogP contribution in [0.15, 0.2) is 42.5 Å². The molecule has 1 saturated heterocycles. The molecule has 0 radical (unpaired) electrons. The first-order valence-corrected chi connectivity index (χ1v) is 10.3. The molecule has 7 nitrogen and oxygen atoms in total. The second kappa shape index (κ2) is 8.83. The molecule has 0 bridgehead atoms. The molecular weight excluding hydrogens is 380 g/mol. The molecule has 4 N–H and O–H groups in total. The molecular formula is C23H32N4O3. The standard InChI is InChI=1S/C23H32N4O3/c1-16-20(29-18-8-6-5-7-9-18)11-10-19(25)21(16)26-12-13-27(17(14-24)15-26)22(28)30-23(2,3)4/h5-11,17H,12-15,24-25H2,1-4H3/t17-/m0/s1. The number of hydrogen-bond acceptors (Lipinski definition) is 6. The molecule has 1 aliphatic rings. The topological polar surface area (TPSA) is 94.0 Å². The van der Waals surface area contributed by atoms with Crippen LogP contribution in [-0.4, -0.2) is 48.8 Å². The van der Waals surface area contributed by atoms with E-state index in [2.05, 4.69) is 4.90 Å². The van der Waals surface area contributed by atoms with E-state index in [0.717, 1.165) is 22.7 Å². The summed E-state index contributed by atoms with van der Waals surface area (Å²) >= 11 is 0. The molecule has 0 aliphatic carbocycles. The Morgan fingerprint density at radius 1 is 1.13 bits per heavy atom. The number of rotatable bonds is 4. The lowest BCUT2D eigenvalue weighted by atomic mass is 10.1. The van der Waals surface area contributed by atoms with Crippen molar-refractivity contribution in [3.05, 3.63) is 48.0 Å². The normalized spacial score (nSPS) is 17.0. The monoisotopic (exact) mass is 412 g/mol. The van der Waals surface area contributed by atoms with Gasteiger partial charge < -0.3 is 30.7 Å². The van der Waals surface area contributed by atoms with Crippen LogP contribution in [-0.2, 0) is 4.74 Å². The zero-order chi connectivity index (χ0) is 21.9. The number of benzene rings is 2. The number of carbonyl (C=O) groups is 1. The quantitative estimate of drug-likeness (QED) is 0.743. The van der Waals surface area contributed by atoms with Gasteiger partial charge in [0.15, 0.2) is 0 Å². The molecule has 0 unspecified atom stereocenters. The first kappa shape index (κ1) is 21.8. The minimum absolute atomic E-state index is 0.161. The summed E-state index contributed by atoms with van der Waals surface area (Å²) in [5, 5.41) is 0. The number of piperazine rings is 1. The molecule has 1 aliphatic heterocycles. The van der Waals surface area contributed by atoms with Gasteiger partial charge in [0.25, 0.3) is 0 Å². The van der Waals surface area contributed by atoms with Gasteiger partial charge in [-0.05, 0) is 52.0 Å². The second-order valence-electron chi connectivity index (χ2n) is 8.55. The fourth-order valence-corrected chi connectivity index (χ4v) is 3.67. The minimum atomic E-state index is -0.544. The third-order valence-corrected chi connectivity index (χ3v) is 5.08. The SMILES string of the molecule is Cc1c(Oc2ccccc2)ccc(N)c1N1CCN(C(=O)OC(C)(C)C)[C@@H](CN)C1. The third-order valence-electron chi connectivity index (χ3n) is 5.08. The van der Waals surface area contributed by atoms with Crippen LogP contribution >= 0.6 is 0 Å². The number of nitrogen functional groups attached to an aromatic ring is 1. The highest BCUT2D eigenvalue weighted by Gasteiger charge is 2.33. The molecule has 30 heavy (non-hydrogen) atoms. The van der Waals surface area contributed by atoms with Crippen LogP contribution in [0, 0.1) is 6.92 Å². The summed E-state index contributed by atoms with van der Waals surface area (Å²) in [4.78, 5) is 16.5. The fourth-order valence-electron chi connectivity index (χ4n) is 3.67. The van der Waals surface area contributed by atoms with E-state index in [1.54, 1.807) is 4.90 Å². The predicted octanol–water partition coefficient (Wildman–Crippen LogP) is 3.75. The van der Waals surface area contributed by atoms with Gasteiger partial charge in [-0.1, -0.05) is 18.2 Å². The highest BCUT2D eigenvalue weighted by Crippen LogP contribution is 2.37. The van der Waals surface area contributed by atoms with E-state index in [1.807, 2.05) is 70.2 Å². The van der Waals surface area contributed by atoms with Crippen molar-refractivity contribution in [3.8, 4) is 11.5 Å². The lowest BCUT2D eigenvalue weighted by Gasteiger charge is -2.43. The molecule has 1 amide bonds. The predicted molar refractivity (Wildman–Crippen MR) is 120 cm³/mol. The van der Waals surface area contributed by atoms with Gasteiger partial charge in [0.2, 0.25) is 0 Å². The average molecular weight is 413 g/mol. The molecule has 1 fully saturated rings. The molecule has 2 aromatic rings. The van der Waals surface area contributed by atoms with Gasteiger partial charge in [-0.3, -0.25) is 0 Å². The minimum Gasteiger partial charge on any atom is -0.457 e. The molecule has 1 heterocycles. The van der Waals surface area contributed by atoms with Crippen LogP contribution < -0.4 is 21.1 Å². The van der Waals surface area contributed by atoms with Gasteiger partial charge in [0.05, 0.1) is 17.4 Å². The summed E-state index contributed by atoms with van der Waals surface area (Å²) in [6.07, 6.45) is -0.330. The third kappa shape index (κ3) is 4.97. The van der Waals surface area contributed by atoms with Crippen LogP contribution in [0.2, 0.25) is 0 Å². The number of nitrogens with zero attached hydrogens (tertiary/aromatic N) is 2. The van der Waals surface area contributed by atoms with Gasteiger partial charge in [0, 0.05) is 31.7 Å². The summed E-state index contributed by atoms with van der Waals surface area (Å²) < 4.78 is 11.6. The van der Waals surface area contributed by atoms with Gasteiger partial charge in [0.1, 0.15) is 17.1 Å². The Labute approximate surface area is 178 Å². The van der Waals surface area contributed by atoms with Crippen molar-refractivity contribution in [3.63, 3.8) is 0 Å². The van der Waals surface area contributed by atoms with Gasteiger partial charge >= 0.3 is 6.09 Å². The number of hydrogen-bond donors (Lipinski definition) is 2. The zero-order valence-electron chi connectivity index (χ0n) is 18.2. The first-order chi connectivity index (χ1) is 14.2. The van der Waals surface area contributed by atoms with Gasteiger partial charge in [-0.15, -0.1) is 0 Å². The number of carbonyl (C=O) groups excluding carboxylic acids is 1. The van der Waals surface area contributed by atoms with E-state index in [0.29, 0.717) is 31.9 Å². The van der Waals surface area contributed by atoms with Crippen molar-refractivity contribution < 1.29 is 14.3 Å². The largest absolute Gasteiger partial charge is 0.457 e. The Balaban J connectivity index is 1.81. The van der Waals surface area contributed by atoms with Crippen LogP contribution in [0.25, 0.3) is 0 Å². The summed E-state index contributed by atoms with van der Waals surface area (Å²) in [5.41, 5.74) is 14.4. The maximum Gasteiger partial charge on any atom is 0.410 e. The van der Waals surface area contributed by atoms with Crippen molar-refractivity contribution in [2.24, 2.45) is 5.73 Å². The van der Waals surface area contributed by atoms with Crippen LogP contribution in [0.4, 0.5) is 16.2 Å². The van der Waals surface area contributed by atoms with Gasteiger partial charge in [-0.25, -0.2) is 4.79 Å². The number of ether oxygens (including phenoxy) is 2. The Hall–Kier alpha value is -2.93. The van der Waals surface area contributed by atoms with Crippen LogP contribution in [0.5, 0.6) is 11.5 Å². The summed E-state index contributed by atoms with van der Waals surface area (Å²) in [6, 6.07) is 13.2. The zero-order valence-corrected chi connectivity index (χ0v) is 18.2. The van der Waals surface area contributed by atoms with E-state index >= 15 is 0 Å². The molecule has 7 heteroatoms. The first-order valence-electron chi connectivity index (χ1n) is 10.3. The summed E-state index contributed by atoms with van der Waals surface area (Å²) in [6.45, 7) is 9.66. The number of nitrogens with two attached hydrogens (primary N) is 2. The molecule has 0 aromatic heterocycles. The number of para-hydroxylation sites is 1. The Morgan fingerprint density at radius 2 is 1.83 bits per heavy atom. The Kier molecular flexibility index (Phi) is 6.41. The van der Waals surface area contributed by atoms with Crippen LogP contribution in [0.1, 0.15) is 26.3 Å². The lowest BCUT2D eigenvalue weighted by molar-refractivity contribution is 0.0149. The molecule has 0 saturated carbocycles. The van der Waals surface area contributed by atoms with Gasteiger partial charge in [-0.2, -0.15) is 0 Å². The molecule has 3 rings (SSSR count). The van der Waals surface area contributed by atoms with Crippen LogP contribution in [0.3, 0.4) is 0 Å². The lowest BCUT2D eigenvalue weighted by Crippen LogP contribution is -2.58. The smallest absolute Gasteiger partial charge is 0.410 e. The highest BCUT2D eigenvalue weighted by atomic mass is 16.6. The molecule has 0 spiro atoms. The van der Waals surface area contributed by atoms with E-state index in [1.165, 1.54) is 0 Å². The maximum atomic E-state index is 12.6. The van der Waals surface area contributed by atoms with E-state index in [9.17, 15) is 4.79 Å². The number of anilines is 2. The van der Waals surface area contributed by atoms with Crippen molar-refractivity contribution in [2.45, 2.75) is 39.3 Å². The van der Waals surface area contributed by atoms with Crippen molar-refractivity contribution >= 4 is 17.5 Å². The van der Waals surface area contributed by atoms with Crippen molar-refractivity contribution in [2.75, 3.05) is 36.8 Å². The van der Waals surface area contributed by atoms with Crippen molar-refractivity contribution in [1.29, 1.82) is 0 Å². The highest BCUT2D eigenvalue weighted by molar-refractivity contribution is 5.76. The summed E-state index contributed by atoms with van der Waals surface area (Å²) in [7, 11) is 0. The fraction of sp³-hybridized carbons (Fsp3) is 0.435.